The molecule has 3 nitrogen and oxygen atoms in total. The molecule has 1 aliphatic heterocycles. The molecule has 0 amide bonds. The average Bonchev–Trinajstić information content (AvgIpc) is 2.64. The summed E-state index contributed by atoms with van der Waals surface area (Å²) in [5.74, 6) is 0.128. The smallest absolute Gasteiger partial charge is 0.216 e. The summed E-state index contributed by atoms with van der Waals surface area (Å²) in [6.45, 7) is 2.10. The molecular formula is C21H22BrClN2O. The molecule has 3 rings (SSSR count). The second-order valence-electron chi connectivity index (χ2n) is 7.21. The molecule has 0 aromatic heterocycles. The van der Waals surface area contributed by atoms with Gasteiger partial charge in [-0.1, -0.05) is 41.9 Å². The summed E-state index contributed by atoms with van der Waals surface area (Å²) in [4.78, 5) is 12.6. The molecule has 2 aromatic carbocycles. The third-order valence-corrected chi connectivity index (χ3v) is 5.64. The topological polar surface area (TPSA) is 40.9 Å². The molecule has 1 aliphatic rings. The molecule has 136 valence electrons. The number of hydrogen-bond acceptors (Lipinski definition) is 2. The van der Waals surface area contributed by atoms with E-state index < -0.39 is 5.41 Å². The van der Waals surface area contributed by atoms with Gasteiger partial charge >= 0.3 is 0 Å². The van der Waals surface area contributed by atoms with E-state index in [0.29, 0.717) is 21.6 Å². The molecule has 0 N–H and O–H groups in total. The minimum Gasteiger partial charge on any atom is -1.00 e. The maximum atomic E-state index is 12.6. The standard InChI is InChI=1S/C21H22ClN2O.BrH/c1-24(15-20(25)17-7-9-19(22)10-8-17)13-11-21(16-23,12-14-24)18-5-3-2-4-6-18;/h2-10H,11-15H2,1H3;1H/q+1;/p-1. The zero-order valence-electron chi connectivity index (χ0n) is 14.8. The van der Waals surface area contributed by atoms with Crippen molar-refractivity contribution in [2.24, 2.45) is 0 Å². The summed E-state index contributed by atoms with van der Waals surface area (Å²) in [7, 11) is 2.11. The highest BCUT2D eigenvalue weighted by atomic mass is 79.9. The van der Waals surface area contributed by atoms with Crippen LogP contribution >= 0.6 is 11.6 Å². The number of hydrogen-bond donors (Lipinski definition) is 0. The largest absolute Gasteiger partial charge is 1.00 e. The lowest BCUT2D eigenvalue weighted by molar-refractivity contribution is -0.907. The fourth-order valence-electron chi connectivity index (χ4n) is 3.61. The third kappa shape index (κ3) is 4.35. The number of Topliss-reactive ketones (excluding diaryl/α,β-unsaturated/α-hetero) is 1. The van der Waals surface area contributed by atoms with Crippen molar-refractivity contribution in [3.05, 3.63) is 70.7 Å². The number of halogens is 2. The monoisotopic (exact) mass is 432 g/mol. The van der Waals surface area contributed by atoms with Crippen molar-refractivity contribution in [3.8, 4) is 6.07 Å². The molecule has 0 unspecified atom stereocenters. The number of benzene rings is 2. The third-order valence-electron chi connectivity index (χ3n) is 5.39. The zero-order valence-corrected chi connectivity index (χ0v) is 17.1. The van der Waals surface area contributed by atoms with E-state index in [9.17, 15) is 10.1 Å². The van der Waals surface area contributed by atoms with Gasteiger partial charge in [-0.3, -0.25) is 4.79 Å². The van der Waals surface area contributed by atoms with E-state index in [-0.39, 0.29) is 22.8 Å². The molecule has 0 bridgehead atoms. The van der Waals surface area contributed by atoms with Gasteiger partial charge in [0.1, 0.15) is 6.54 Å². The van der Waals surface area contributed by atoms with Gasteiger partial charge in [0, 0.05) is 23.4 Å². The zero-order chi connectivity index (χ0) is 17.9. The predicted molar refractivity (Wildman–Crippen MR) is 99.5 cm³/mol. The average molecular weight is 434 g/mol. The summed E-state index contributed by atoms with van der Waals surface area (Å²) >= 11 is 5.90. The molecule has 5 heteroatoms. The Kier molecular flexibility index (Phi) is 6.63. The van der Waals surface area contributed by atoms with Crippen molar-refractivity contribution in [1.29, 1.82) is 5.26 Å². The van der Waals surface area contributed by atoms with E-state index in [2.05, 4.69) is 13.1 Å². The van der Waals surface area contributed by atoms with Crippen LogP contribution in [0.1, 0.15) is 28.8 Å². The molecule has 0 aliphatic carbocycles. The van der Waals surface area contributed by atoms with Crippen LogP contribution in [0.4, 0.5) is 0 Å². The number of piperidine rings is 1. The van der Waals surface area contributed by atoms with E-state index in [1.165, 1.54) is 0 Å². The van der Waals surface area contributed by atoms with E-state index in [4.69, 9.17) is 11.6 Å². The lowest BCUT2D eigenvalue weighted by atomic mass is 9.73. The first-order chi connectivity index (χ1) is 12.0. The first-order valence-corrected chi connectivity index (χ1v) is 8.93. The number of ketones is 1. The highest BCUT2D eigenvalue weighted by Gasteiger charge is 2.42. The number of carbonyl (C=O) groups excluding carboxylic acids is 1. The molecule has 0 radical (unpaired) electrons. The van der Waals surface area contributed by atoms with Crippen LogP contribution in [0.25, 0.3) is 0 Å². The Hall–Kier alpha value is -1.67. The SMILES string of the molecule is C[N+]1(CC(=O)c2ccc(Cl)cc2)CCC(C#N)(c2ccccc2)CC1.[Br-]. The maximum absolute atomic E-state index is 12.6. The van der Waals surface area contributed by atoms with Gasteiger partial charge in [0.15, 0.2) is 0 Å². The highest BCUT2D eigenvalue weighted by molar-refractivity contribution is 6.30. The van der Waals surface area contributed by atoms with Gasteiger partial charge in [-0.25, -0.2) is 0 Å². The molecule has 1 fully saturated rings. The first kappa shape index (κ1) is 20.6. The number of rotatable bonds is 4. The highest BCUT2D eigenvalue weighted by Crippen LogP contribution is 2.36. The van der Waals surface area contributed by atoms with Crippen molar-refractivity contribution in [2.75, 3.05) is 26.7 Å². The van der Waals surface area contributed by atoms with Gasteiger partial charge in [-0.2, -0.15) is 5.26 Å². The van der Waals surface area contributed by atoms with Crippen molar-refractivity contribution in [1.82, 2.24) is 0 Å². The van der Waals surface area contributed by atoms with Crippen LogP contribution in [-0.4, -0.2) is 36.9 Å². The Morgan fingerprint density at radius 1 is 1.12 bits per heavy atom. The van der Waals surface area contributed by atoms with Crippen molar-refractivity contribution in [2.45, 2.75) is 18.3 Å². The van der Waals surface area contributed by atoms with Gasteiger partial charge in [-0.15, -0.1) is 0 Å². The maximum Gasteiger partial charge on any atom is 0.216 e. The molecule has 0 saturated carbocycles. The summed E-state index contributed by atoms with van der Waals surface area (Å²) in [6, 6.07) is 19.6. The number of likely N-dealkylation sites (N-methyl/N-ethyl adjacent to an activating group) is 1. The number of nitrogens with zero attached hydrogens (tertiary/aromatic N) is 2. The number of quaternary nitrogens is 1. The predicted octanol–water partition coefficient (Wildman–Crippen LogP) is 1.23. The van der Waals surface area contributed by atoms with Crippen LogP contribution in [0.3, 0.4) is 0 Å². The van der Waals surface area contributed by atoms with E-state index in [0.717, 1.165) is 31.5 Å². The lowest BCUT2D eigenvalue weighted by Gasteiger charge is -2.43. The molecule has 1 heterocycles. The Balaban J connectivity index is 0.00000243. The van der Waals surface area contributed by atoms with Crippen molar-refractivity contribution >= 4 is 17.4 Å². The fourth-order valence-corrected chi connectivity index (χ4v) is 3.74. The Labute approximate surface area is 170 Å². The van der Waals surface area contributed by atoms with E-state index in [1.54, 1.807) is 24.3 Å². The summed E-state index contributed by atoms with van der Waals surface area (Å²) in [6.07, 6.45) is 1.55. The summed E-state index contributed by atoms with van der Waals surface area (Å²) < 4.78 is 0.678. The second kappa shape index (κ2) is 8.35. The van der Waals surface area contributed by atoms with Crippen LogP contribution in [0.5, 0.6) is 0 Å². The number of likely N-dealkylation sites (tertiary alicyclic amines) is 1. The van der Waals surface area contributed by atoms with Crippen molar-refractivity contribution in [3.63, 3.8) is 0 Å². The molecule has 1 saturated heterocycles. The summed E-state index contributed by atoms with van der Waals surface area (Å²) in [5.41, 5.74) is 1.36. The molecule has 0 atom stereocenters. The van der Waals surface area contributed by atoms with Crippen molar-refractivity contribution < 1.29 is 26.3 Å². The van der Waals surface area contributed by atoms with Gasteiger partial charge in [0.05, 0.1) is 31.6 Å². The Morgan fingerprint density at radius 2 is 1.69 bits per heavy atom. The minimum atomic E-state index is -0.428. The van der Waals surface area contributed by atoms with Gasteiger partial charge in [0.25, 0.3) is 0 Å². The summed E-state index contributed by atoms with van der Waals surface area (Å²) in [5, 5.41) is 10.5. The number of nitriles is 1. The normalized spacial score (nSPS) is 25.0. The van der Waals surface area contributed by atoms with Crippen LogP contribution in [0, 0.1) is 11.3 Å². The van der Waals surface area contributed by atoms with Gasteiger partial charge in [0.2, 0.25) is 5.78 Å². The van der Waals surface area contributed by atoms with E-state index in [1.807, 2.05) is 30.3 Å². The van der Waals surface area contributed by atoms with Gasteiger partial charge in [-0.05, 0) is 29.8 Å². The molecule has 26 heavy (non-hydrogen) atoms. The van der Waals surface area contributed by atoms with Gasteiger partial charge < -0.3 is 21.5 Å². The molecule has 0 spiro atoms. The van der Waals surface area contributed by atoms with Crippen LogP contribution in [-0.2, 0) is 5.41 Å². The van der Waals surface area contributed by atoms with Crippen LogP contribution in [0.2, 0.25) is 5.02 Å². The molecular weight excluding hydrogens is 412 g/mol. The number of carbonyl (C=O) groups is 1. The lowest BCUT2D eigenvalue weighted by Crippen LogP contribution is -3.00. The van der Waals surface area contributed by atoms with Crippen LogP contribution < -0.4 is 17.0 Å². The van der Waals surface area contributed by atoms with E-state index >= 15 is 0 Å². The second-order valence-corrected chi connectivity index (χ2v) is 7.65. The van der Waals surface area contributed by atoms with Crippen LogP contribution in [0.15, 0.2) is 54.6 Å². The Morgan fingerprint density at radius 3 is 2.23 bits per heavy atom. The minimum absolute atomic E-state index is 0. The molecule has 2 aromatic rings. The quantitative estimate of drug-likeness (QED) is 0.537. The first-order valence-electron chi connectivity index (χ1n) is 8.56. The fraction of sp³-hybridized carbons (Fsp3) is 0.333. The Bertz CT molecular complexity index is 791.